The van der Waals surface area contributed by atoms with Crippen LogP contribution >= 0.6 is 0 Å². The molecule has 1 heterocycles. The average Bonchev–Trinajstić information content (AvgIpc) is 3.29. The highest BCUT2D eigenvalue weighted by molar-refractivity contribution is 5.80. The van der Waals surface area contributed by atoms with Gasteiger partial charge >= 0.3 is 0 Å². The van der Waals surface area contributed by atoms with E-state index in [4.69, 9.17) is 4.74 Å². The van der Waals surface area contributed by atoms with Crippen LogP contribution in [0.5, 0.6) is 5.75 Å². The molecule has 1 unspecified atom stereocenters. The van der Waals surface area contributed by atoms with Gasteiger partial charge in [0.25, 0.3) is 5.91 Å². The van der Waals surface area contributed by atoms with Crippen molar-refractivity contribution in [2.45, 2.75) is 58.7 Å². The van der Waals surface area contributed by atoms with Crippen LogP contribution in [0.3, 0.4) is 0 Å². The molecule has 1 fully saturated rings. The van der Waals surface area contributed by atoms with Crippen LogP contribution < -0.4 is 15.4 Å². The second kappa shape index (κ2) is 7.41. The van der Waals surface area contributed by atoms with Crippen molar-refractivity contribution in [3.63, 3.8) is 0 Å². The highest BCUT2D eigenvalue weighted by atomic mass is 16.5. The van der Waals surface area contributed by atoms with Crippen molar-refractivity contribution in [3.05, 3.63) is 23.5 Å². The summed E-state index contributed by atoms with van der Waals surface area (Å²) in [6.45, 7) is 7.11. The van der Waals surface area contributed by atoms with Crippen molar-refractivity contribution in [1.82, 2.24) is 15.6 Å². The van der Waals surface area contributed by atoms with Gasteiger partial charge in [-0.15, -0.1) is 0 Å². The van der Waals surface area contributed by atoms with E-state index in [0.29, 0.717) is 24.9 Å². The molecule has 5 heteroatoms. The highest BCUT2D eigenvalue weighted by Gasteiger charge is 2.22. The number of aryl methyl sites for hydroxylation is 1. The largest absolute Gasteiger partial charge is 0.479 e. The van der Waals surface area contributed by atoms with Crippen LogP contribution in [0.1, 0.15) is 44.5 Å². The van der Waals surface area contributed by atoms with E-state index in [0.717, 1.165) is 17.8 Å². The molecule has 2 N–H and O–H groups in total. The van der Waals surface area contributed by atoms with Crippen molar-refractivity contribution in [2.75, 3.05) is 6.54 Å². The topological polar surface area (TPSA) is 63.2 Å². The van der Waals surface area contributed by atoms with Gasteiger partial charge in [0.1, 0.15) is 5.75 Å². The lowest BCUT2D eigenvalue weighted by Crippen LogP contribution is -2.37. The molecule has 1 aromatic heterocycles. The van der Waals surface area contributed by atoms with Crippen LogP contribution in [0.4, 0.5) is 0 Å². The second-order valence-electron chi connectivity index (χ2n) is 5.60. The molecular weight excluding hydrogens is 266 g/mol. The van der Waals surface area contributed by atoms with Gasteiger partial charge < -0.3 is 15.4 Å². The number of hydrogen-bond donors (Lipinski definition) is 2. The number of nitrogens with one attached hydrogen (secondary N) is 2. The Morgan fingerprint density at radius 3 is 2.90 bits per heavy atom. The van der Waals surface area contributed by atoms with Crippen molar-refractivity contribution >= 4 is 5.91 Å². The maximum absolute atomic E-state index is 11.9. The summed E-state index contributed by atoms with van der Waals surface area (Å²) in [4.78, 5) is 16.4. The number of carbonyl (C=O) groups is 1. The average molecular weight is 291 g/mol. The summed E-state index contributed by atoms with van der Waals surface area (Å²) in [5, 5.41) is 6.28. The van der Waals surface area contributed by atoms with Gasteiger partial charge in [-0.2, -0.15) is 0 Å². The summed E-state index contributed by atoms with van der Waals surface area (Å²) in [6, 6.07) is 4.42. The van der Waals surface area contributed by atoms with Crippen molar-refractivity contribution in [2.24, 2.45) is 0 Å². The Morgan fingerprint density at radius 2 is 2.24 bits per heavy atom. The Kier molecular flexibility index (Phi) is 5.56. The zero-order chi connectivity index (χ0) is 15.2. The van der Waals surface area contributed by atoms with E-state index in [9.17, 15) is 4.79 Å². The Bertz CT molecular complexity index is 486. The number of rotatable bonds is 8. The van der Waals surface area contributed by atoms with Crippen molar-refractivity contribution in [3.8, 4) is 5.75 Å². The summed E-state index contributed by atoms with van der Waals surface area (Å²) in [6.07, 6.45) is 2.87. The van der Waals surface area contributed by atoms with Crippen molar-refractivity contribution < 1.29 is 9.53 Å². The monoisotopic (exact) mass is 291 g/mol. The number of carbonyl (C=O) groups excluding carboxylic acids is 1. The minimum atomic E-state index is -0.513. The number of ether oxygens (including phenoxy) is 1. The van der Waals surface area contributed by atoms with Crippen LogP contribution in [0.2, 0.25) is 0 Å². The fourth-order valence-electron chi connectivity index (χ4n) is 2.00. The first-order valence-corrected chi connectivity index (χ1v) is 7.74. The fraction of sp³-hybridized carbons (Fsp3) is 0.625. The summed E-state index contributed by atoms with van der Waals surface area (Å²) in [5.41, 5.74) is 1.83. The van der Waals surface area contributed by atoms with Crippen molar-refractivity contribution in [1.29, 1.82) is 0 Å². The predicted molar refractivity (Wildman–Crippen MR) is 82.2 cm³/mol. The molecule has 1 atom stereocenters. The molecule has 1 amide bonds. The molecule has 0 spiro atoms. The third-order valence-electron chi connectivity index (χ3n) is 3.43. The Morgan fingerprint density at radius 1 is 1.48 bits per heavy atom. The Balaban J connectivity index is 1.98. The maximum atomic E-state index is 11.9. The minimum absolute atomic E-state index is 0.0847. The lowest BCUT2D eigenvalue weighted by atomic mass is 10.2. The zero-order valence-electron chi connectivity index (χ0n) is 13.1. The van der Waals surface area contributed by atoms with Crippen LogP contribution in [0, 0.1) is 6.92 Å². The molecule has 0 aromatic carbocycles. The van der Waals surface area contributed by atoms with Crippen LogP contribution in [0.25, 0.3) is 0 Å². The van der Waals surface area contributed by atoms with Gasteiger partial charge in [0.15, 0.2) is 6.10 Å². The third-order valence-corrected chi connectivity index (χ3v) is 3.43. The van der Waals surface area contributed by atoms with E-state index in [1.807, 2.05) is 26.0 Å². The molecule has 0 saturated heterocycles. The predicted octanol–water partition coefficient (Wildman–Crippen LogP) is 1.94. The van der Waals surface area contributed by atoms with E-state index in [2.05, 4.69) is 15.6 Å². The van der Waals surface area contributed by atoms with Gasteiger partial charge in [0, 0.05) is 24.8 Å². The molecule has 5 nitrogen and oxygen atoms in total. The first-order chi connectivity index (χ1) is 10.1. The van der Waals surface area contributed by atoms with Gasteiger partial charge in [-0.1, -0.05) is 6.92 Å². The van der Waals surface area contributed by atoms with Gasteiger partial charge in [0.2, 0.25) is 0 Å². The van der Waals surface area contributed by atoms with E-state index < -0.39 is 6.10 Å². The first kappa shape index (κ1) is 15.8. The number of nitrogens with zero attached hydrogens (tertiary/aromatic N) is 1. The molecule has 1 aromatic rings. The van der Waals surface area contributed by atoms with Crippen LogP contribution in [-0.2, 0) is 11.3 Å². The summed E-state index contributed by atoms with van der Waals surface area (Å²) in [5.74, 6) is 0.603. The lowest BCUT2D eigenvalue weighted by Gasteiger charge is -2.17. The van der Waals surface area contributed by atoms with E-state index in [-0.39, 0.29) is 5.91 Å². The van der Waals surface area contributed by atoms with E-state index >= 15 is 0 Å². The van der Waals surface area contributed by atoms with Gasteiger partial charge in [-0.25, -0.2) is 0 Å². The van der Waals surface area contributed by atoms with Gasteiger partial charge in [-0.3, -0.25) is 9.78 Å². The number of hydrogen-bond acceptors (Lipinski definition) is 4. The molecule has 1 aliphatic rings. The molecule has 0 radical (unpaired) electrons. The molecular formula is C16H25N3O2. The molecule has 21 heavy (non-hydrogen) atoms. The SMILES string of the molecule is CCCNC(=O)C(C)Oc1ccc(C)nc1CNC1CC1. The van der Waals surface area contributed by atoms with Gasteiger partial charge in [0.05, 0.1) is 5.69 Å². The molecule has 116 valence electrons. The summed E-state index contributed by atoms with van der Waals surface area (Å²) in [7, 11) is 0. The molecule has 2 rings (SSSR count). The first-order valence-electron chi connectivity index (χ1n) is 7.74. The van der Waals surface area contributed by atoms with Crippen LogP contribution in [0.15, 0.2) is 12.1 Å². The lowest BCUT2D eigenvalue weighted by molar-refractivity contribution is -0.127. The number of aromatic nitrogens is 1. The molecule has 1 aliphatic carbocycles. The fourth-order valence-corrected chi connectivity index (χ4v) is 2.00. The normalized spacial score (nSPS) is 15.6. The number of amides is 1. The minimum Gasteiger partial charge on any atom is -0.479 e. The quantitative estimate of drug-likeness (QED) is 0.768. The molecule has 0 bridgehead atoms. The standard InChI is InChI=1S/C16H25N3O2/c1-4-9-17-16(20)12(3)21-15-8-5-11(2)19-14(15)10-18-13-6-7-13/h5,8,12-13,18H,4,6-7,9-10H2,1-3H3,(H,17,20). The van der Waals surface area contributed by atoms with E-state index in [1.165, 1.54) is 12.8 Å². The number of pyridine rings is 1. The summed E-state index contributed by atoms with van der Waals surface area (Å²) < 4.78 is 5.80. The molecule has 0 aliphatic heterocycles. The Labute approximate surface area is 126 Å². The highest BCUT2D eigenvalue weighted by Crippen LogP contribution is 2.22. The van der Waals surface area contributed by atoms with E-state index in [1.54, 1.807) is 6.92 Å². The van der Waals surface area contributed by atoms with Crippen LogP contribution in [-0.4, -0.2) is 29.6 Å². The van der Waals surface area contributed by atoms with Gasteiger partial charge in [-0.05, 0) is 45.2 Å². The maximum Gasteiger partial charge on any atom is 0.260 e. The summed E-state index contributed by atoms with van der Waals surface area (Å²) >= 11 is 0. The second-order valence-corrected chi connectivity index (χ2v) is 5.60. The molecule has 1 saturated carbocycles. The smallest absolute Gasteiger partial charge is 0.260 e. The Hall–Kier alpha value is -1.62. The zero-order valence-corrected chi connectivity index (χ0v) is 13.1. The third kappa shape index (κ3) is 5.01.